The highest BCUT2D eigenvalue weighted by molar-refractivity contribution is 6.13. The van der Waals surface area contributed by atoms with Gasteiger partial charge in [0.2, 0.25) is 0 Å². The van der Waals surface area contributed by atoms with Crippen LogP contribution in [0.4, 0.5) is 11.4 Å². The largest absolute Gasteiger partial charge is 0.456 e. The summed E-state index contributed by atoms with van der Waals surface area (Å²) in [7, 11) is 0. The summed E-state index contributed by atoms with van der Waals surface area (Å²) in [6.07, 6.45) is 0. The van der Waals surface area contributed by atoms with Crippen molar-refractivity contribution in [2.45, 2.75) is 45.4 Å². The first-order chi connectivity index (χ1) is 27.6. The van der Waals surface area contributed by atoms with Crippen LogP contribution in [0.15, 0.2) is 180 Å². The fourth-order valence-electron chi connectivity index (χ4n) is 9.03. The molecule has 0 unspecified atom stereocenters. The molecule has 0 atom stereocenters. The molecule has 1 N–H and O–H groups in total. The molecule has 2 nitrogen and oxygen atoms in total. The predicted octanol–water partition coefficient (Wildman–Crippen LogP) is 15.6. The minimum absolute atomic E-state index is 0.0457. The van der Waals surface area contributed by atoms with Gasteiger partial charge in [-0.1, -0.05) is 174 Å². The van der Waals surface area contributed by atoms with Gasteiger partial charge >= 0.3 is 0 Å². The zero-order chi connectivity index (χ0) is 38.9. The van der Waals surface area contributed by atoms with E-state index in [0.717, 1.165) is 38.9 Å². The van der Waals surface area contributed by atoms with Crippen LogP contribution in [0.2, 0.25) is 0 Å². The number of anilines is 2. The molecule has 0 amide bonds. The summed E-state index contributed by atoms with van der Waals surface area (Å²) in [4.78, 5) is 0. The molecule has 1 heterocycles. The molecule has 2 heteroatoms. The van der Waals surface area contributed by atoms with Crippen molar-refractivity contribution >= 4 is 33.3 Å². The van der Waals surface area contributed by atoms with Gasteiger partial charge in [-0.05, 0) is 109 Å². The smallest absolute Gasteiger partial charge is 0.136 e. The van der Waals surface area contributed by atoms with Crippen LogP contribution in [0.3, 0.4) is 0 Å². The standard InChI is InChI=1S/C55H45NO/c1-54(2,3)39-27-30-43-47(34-39)55(4,5)46-32-31-42(38-18-13-17-37(33-38)41-21-14-24-50-51(41)45-20-10-12-23-49(45)57-50)52(53(43)46)44-19-9-11-22-48(44)56-40-28-25-36(26-29-40)35-15-7-6-8-16-35/h6-34,56H,1-5H3. The molecule has 0 saturated heterocycles. The summed E-state index contributed by atoms with van der Waals surface area (Å²) in [6.45, 7) is 11.7. The second-order valence-electron chi connectivity index (χ2n) is 17.0. The second-order valence-corrected chi connectivity index (χ2v) is 17.0. The molecule has 0 saturated carbocycles. The second kappa shape index (κ2) is 13.2. The third kappa shape index (κ3) is 5.87. The SMILES string of the molecule is CC(C)(C)c1ccc2c(c1)C(C)(C)c1ccc(-c3cccc(-c4cccc5oc6ccccc6c45)c3)c(-c3ccccc3Nc3ccc(-c4ccccc4)cc3)c1-2. The van der Waals surface area contributed by atoms with E-state index in [1.807, 2.05) is 6.07 Å². The third-order valence-corrected chi connectivity index (χ3v) is 12.1. The fourth-order valence-corrected chi connectivity index (χ4v) is 9.03. The molecule has 1 aliphatic carbocycles. The maximum atomic E-state index is 6.32. The maximum Gasteiger partial charge on any atom is 0.136 e. The highest BCUT2D eigenvalue weighted by Crippen LogP contribution is 2.56. The summed E-state index contributed by atoms with van der Waals surface area (Å²) in [5, 5.41) is 6.14. The number of fused-ring (bicyclic) bond motifs is 6. The van der Waals surface area contributed by atoms with Gasteiger partial charge in [-0.2, -0.15) is 0 Å². The minimum atomic E-state index is -0.172. The van der Waals surface area contributed by atoms with Gasteiger partial charge in [-0.15, -0.1) is 0 Å². The Hall–Kier alpha value is -6.64. The summed E-state index contributed by atoms with van der Waals surface area (Å²) in [6, 6.07) is 63.9. The molecule has 0 bridgehead atoms. The summed E-state index contributed by atoms with van der Waals surface area (Å²) >= 11 is 0. The first-order valence-electron chi connectivity index (χ1n) is 20.0. The predicted molar refractivity (Wildman–Crippen MR) is 241 cm³/mol. The third-order valence-electron chi connectivity index (χ3n) is 12.1. The Morgan fingerprint density at radius 2 is 1.09 bits per heavy atom. The highest BCUT2D eigenvalue weighted by Gasteiger charge is 2.39. The lowest BCUT2D eigenvalue weighted by molar-refractivity contribution is 0.584. The Morgan fingerprint density at radius 3 is 1.89 bits per heavy atom. The van der Waals surface area contributed by atoms with E-state index in [9.17, 15) is 0 Å². The molecule has 276 valence electrons. The van der Waals surface area contributed by atoms with Gasteiger partial charge < -0.3 is 9.73 Å². The van der Waals surface area contributed by atoms with Crippen molar-refractivity contribution in [2.75, 3.05) is 5.32 Å². The lowest BCUT2D eigenvalue weighted by Crippen LogP contribution is -2.17. The van der Waals surface area contributed by atoms with E-state index in [1.165, 1.54) is 66.8 Å². The lowest BCUT2D eigenvalue weighted by Gasteiger charge is -2.25. The minimum Gasteiger partial charge on any atom is -0.456 e. The molecule has 1 aromatic heterocycles. The van der Waals surface area contributed by atoms with Crippen LogP contribution in [-0.4, -0.2) is 0 Å². The molecule has 1 aliphatic rings. The Morgan fingerprint density at radius 1 is 0.456 bits per heavy atom. The van der Waals surface area contributed by atoms with Crippen molar-refractivity contribution in [2.24, 2.45) is 0 Å². The van der Waals surface area contributed by atoms with Gasteiger partial charge in [0, 0.05) is 33.1 Å². The van der Waals surface area contributed by atoms with Crippen molar-refractivity contribution in [1.29, 1.82) is 0 Å². The Kier molecular flexibility index (Phi) is 8.09. The average Bonchev–Trinajstić information content (AvgIpc) is 3.73. The first kappa shape index (κ1) is 34.8. The molecule has 57 heavy (non-hydrogen) atoms. The monoisotopic (exact) mass is 735 g/mol. The molecule has 8 aromatic carbocycles. The van der Waals surface area contributed by atoms with Crippen LogP contribution in [0.25, 0.3) is 77.6 Å². The molecule has 10 rings (SSSR count). The lowest BCUT2D eigenvalue weighted by atomic mass is 9.78. The number of nitrogens with one attached hydrogen (secondary N) is 1. The van der Waals surface area contributed by atoms with Crippen molar-refractivity contribution in [1.82, 2.24) is 0 Å². The molecule has 9 aromatic rings. The van der Waals surface area contributed by atoms with Gasteiger partial charge in [-0.25, -0.2) is 0 Å². The van der Waals surface area contributed by atoms with E-state index < -0.39 is 0 Å². The number of rotatable bonds is 6. The van der Waals surface area contributed by atoms with Crippen molar-refractivity contribution < 1.29 is 4.42 Å². The molecule has 0 spiro atoms. The van der Waals surface area contributed by atoms with Crippen LogP contribution >= 0.6 is 0 Å². The number of benzene rings is 8. The topological polar surface area (TPSA) is 25.2 Å². The molecule has 0 aliphatic heterocycles. The zero-order valence-corrected chi connectivity index (χ0v) is 33.2. The van der Waals surface area contributed by atoms with E-state index in [4.69, 9.17) is 4.42 Å². The number of furan rings is 1. The Bertz CT molecular complexity index is 2980. The van der Waals surface area contributed by atoms with Gasteiger partial charge in [0.1, 0.15) is 11.2 Å². The first-order valence-corrected chi connectivity index (χ1v) is 20.0. The summed E-state index contributed by atoms with van der Waals surface area (Å²) in [5.74, 6) is 0. The fraction of sp³-hybridized carbons (Fsp3) is 0.127. The molecule has 0 fully saturated rings. The van der Waals surface area contributed by atoms with E-state index in [-0.39, 0.29) is 10.8 Å². The number of hydrogen-bond donors (Lipinski definition) is 1. The maximum absolute atomic E-state index is 6.32. The Balaban J connectivity index is 1.18. The van der Waals surface area contributed by atoms with Crippen LogP contribution < -0.4 is 5.32 Å². The summed E-state index contributed by atoms with van der Waals surface area (Å²) in [5.41, 5.74) is 20.1. The van der Waals surface area contributed by atoms with E-state index >= 15 is 0 Å². The van der Waals surface area contributed by atoms with Crippen LogP contribution in [0, 0.1) is 0 Å². The van der Waals surface area contributed by atoms with Gasteiger partial charge in [0.25, 0.3) is 0 Å². The van der Waals surface area contributed by atoms with Crippen molar-refractivity contribution in [3.8, 4) is 55.6 Å². The quantitative estimate of drug-likeness (QED) is 0.184. The zero-order valence-electron chi connectivity index (χ0n) is 33.2. The van der Waals surface area contributed by atoms with Gasteiger partial charge in [0.15, 0.2) is 0 Å². The average molecular weight is 736 g/mol. The molecular formula is C55H45NO. The molecular weight excluding hydrogens is 691 g/mol. The van der Waals surface area contributed by atoms with Crippen LogP contribution in [0.5, 0.6) is 0 Å². The molecule has 0 radical (unpaired) electrons. The normalized spacial score (nSPS) is 13.1. The van der Waals surface area contributed by atoms with E-state index in [0.29, 0.717) is 0 Å². The van der Waals surface area contributed by atoms with E-state index in [2.05, 4.69) is 210 Å². The van der Waals surface area contributed by atoms with Crippen molar-refractivity contribution in [3.05, 3.63) is 193 Å². The van der Waals surface area contributed by atoms with Crippen LogP contribution in [0.1, 0.15) is 51.3 Å². The Labute approximate surface area is 335 Å². The number of para-hydroxylation sites is 2. The van der Waals surface area contributed by atoms with Gasteiger partial charge in [-0.3, -0.25) is 0 Å². The van der Waals surface area contributed by atoms with Crippen molar-refractivity contribution in [3.63, 3.8) is 0 Å². The van der Waals surface area contributed by atoms with Gasteiger partial charge in [0.05, 0.1) is 0 Å². The van der Waals surface area contributed by atoms with Crippen LogP contribution in [-0.2, 0) is 10.8 Å². The highest BCUT2D eigenvalue weighted by atomic mass is 16.3. The van der Waals surface area contributed by atoms with E-state index in [1.54, 1.807) is 0 Å². The summed E-state index contributed by atoms with van der Waals surface area (Å²) < 4.78 is 6.32. The number of hydrogen-bond acceptors (Lipinski definition) is 2.